The minimum Gasteiger partial charge on any atom is -0.305 e. The van der Waals surface area contributed by atoms with E-state index in [1.54, 1.807) is 0 Å². The summed E-state index contributed by atoms with van der Waals surface area (Å²) in [6.45, 7) is 6.92. The minimum atomic E-state index is -3.52. The highest BCUT2D eigenvalue weighted by atomic mass is 32.2. The minimum absolute atomic E-state index is 0.115. The summed E-state index contributed by atoms with van der Waals surface area (Å²) in [6.07, 6.45) is 4.66. The Morgan fingerprint density at radius 3 is 2.28 bits per heavy atom. The summed E-state index contributed by atoms with van der Waals surface area (Å²) in [5.74, 6) is 1.34. The predicted molar refractivity (Wildman–Crippen MR) is 113 cm³/mol. The van der Waals surface area contributed by atoms with Crippen molar-refractivity contribution in [1.29, 1.82) is 0 Å². The fourth-order valence-corrected chi connectivity index (χ4v) is 4.70. The number of hydrogen-bond acceptors (Lipinski definition) is 4. The fraction of sp³-hybridized carbons (Fsp3) is 0.524. The van der Waals surface area contributed by atoms with E-state index in [0.29, 0.717) is 22.7 Å². The predicted octanol–water partition coefficient (Wildman–Crippen LogP) is 3.89. The first-order chi connectivity index (χ1) is 13.6. The number of rotatable bonds is 5. The molecule has 0 aliphatic heterocycles. The van der Waals surface area contributed by atoms with E-state index in [1.165, 1.54) is 44.2 Å². The SMILES string of the molecule is CNS(=O)(=O)c1ccc(C(=O)Nc2cc(C3CCC(C(C)(C)C)CC3)[nH]n2)cc1. The van der Waals surface area contributed by atoms with E-state index < -0.39 is 10.0 Å². The molecule has 1 aromatic heterocycles. The first-order valence-electron chi connectivity index (χ1n) is 10.0. The number of nitrogens with one attached hydrogen (secondary N) is 3. The molecule has 2 aromatic rings. The second-order valence-corrected chi connectivity index (χ2v) is 10.7. The van der Waals surface area contributed by atoms with E-state index in [2.05, 4.69) is 41.0 Å². The van der Waals surface area contributed by atoms with Gasteiger partial charge in [0.25, 0.3) is 5.91 Å². The summed E-state index contributed by atoms with van der Waals surface area (Å²) >= 11 is 0. The number of carbonyl (C=O) groups excluding carboxylic acids is 1. The van der Waals surface area contributed by atoms with E-state index in [-0.39, 0.29) is 10.8 Å². The van der Waals surface area contributed by atoms with Gasteiger partial charge in [0.05, 0.1) is 4.90 Å². The van der Waals surface area contributed by atoms with Crippen LogP contribution in [0.15, 0.2) is 35.2 Å². The van der Waals surface area contributed by atoms with Crippen molar-refractivity contribution in [3.63, 3.8) is 0 Å². The van der Waals surface area contributed by atoms with Crippen LogP contribution in [-0.2, 0) is 10.0 Å². The number of H-pyrrole nitrogens is 1. The fourth-order valence-electron chi connectivity index (χ4n) is 3.97. The van der Waals surface area contributed by atoms with Gasteiger partial charge >= 0.3 is 0 Å². The highest BCUT2D eigenvalue weighted by Gasteiger charge is 2.30. The molecule has 0 spiro atoms. The molecule has 1 aromatic carbocycles. The van der Waals surface area contributed by atoms with Crippen LogP contribution in [-0.4, -0.2) is 31.6 Å². The van der Waals surface area contributed by atoms with Gasteiger partial charge in [-0.05, 0) is 68.3 Å². The molecule has 0 radical (unpaired) electrons. The summed E-state index contributed by atoms with van der Waals surface area (Å²) in [7, 11) is -2.17. The van der Waals surface area contributed by atoms with E-state index in [1.807, 2.05) is 6.07 Å². The number of benzene rings is 1. The first-order valence-corrected chi connectivity index (χ1v) is 11.5. The Labute approximate surface area is 172 Å². The number of anilines is 1. The molecular formula is C21H30N4O3S. The van der Waals surface area contributed by atoms with Crippen LogP contribution in [0.4, 0.5) is 5.82 Å². The number of aromatic amines is 1. The van der Waals surface area contributed by atoms with Crippen molar-refractivity contribution in [2.45, 2.75) is 57.3 Å². The average molecular weight is 419 g/mol. The van der Waals surface area contributed by atoms with E-state index in [4.69, 9.17) is 0 Å². The topological polar surface area (TPSA) is 104 Å². The van der Waals surface area contributed by atoms with Gasteiger partial charge in [-0.2, -0.15) is 5.10 Å². The molecule has 1 amide bonds. The highest BCUT2D eigenvalue weighted by Crippen LogP contribution is 2.42. The van der Waals surface area contributed by atoms with Gasteiger partial charge in [-0.15, -0.1) is 0 Å². The Morgan fingerprint density at radius 1 is 1.10 bits per heavy atom. The number of hydrogen-bond donors (Lipinski definition) is 3. The standard InChI is InChI=1S/C21H30N4O3S/c1-21(2,3)16-9-5-14(6-10-16)18-13-19(25-24-18)23-20(26)15-7-11-17(12-8-15)29(27,28)22-4/h7-8,11-14,16,22H,5-6,9-10H2,1-4H3,(H2,23,24,25,26). The summed E-state index contributed by atoms with van der Waals surface area (Å²) in [5, 5.41) is 10.1. The molecule has 0 bridgehead atoms. The van der Waals surface area contributed by atoms with Crippen molar-refractivity contribution < 1.29 is 13.2 Å². The van der Waals surface area contributed by atoms with Gasteiger partial charge in [-0.1, -0.05) is 20.8 Å². The van der Waals surface area contributed by atoms with Crippen LogP contribution in [0.25, 0.3) is 0 Å². The second-order valence-electron chi connectivity index (χ2n) is 8.81. The number of carbonyl (C=O) groups is 1. The maximum absolute atomic E-state index is 12.5. The van der Waals surface area contributed by atoms with Crippen molar-refractivity contribution in [1.82, 2.24) is 14.9 Å². The highest BCUT2D eigenvalue weighted by molar-refractivity contribution is 7.89. The molecule has 158 valence electrons. The third kappa shape index (κ3) is 5.05. The van der Waals surface area contributed by atoms with Crippen LogP contribution in [0.5, 0.6) is 0 Å². The van der Waals surface area contributed by atoms with Crippen molar-refractivity contribution >= 4 is 21.7 Å². The van der Waals surface area contributed by atoms with Crippen molar-refractivity contribution in [3.05, 3.63) is 41.6 Å². The molecule has 1 heterocycles. The average Bonchev–Trinajstić information content (AvgIpc) is 3.16. The van der Waals surface area contributed by atoms with Crippen molar-refractivity contribution in [3.8, 4) is 0 Å². The van der Waals surface area contributed by atoms with E-state index >= 15 is 0 Å². The molecule has 0 unspecified atom stereocenters. The summed E-state index contributed by atoms with van der Waals surface area (Å²) in [6, 6.07) is 7.69. The number of nitrogens with zero attached hydrogens (tertiary/aromatic N) is 1. The zero-order valence-corrected chi connectivity index (χ0v) is 18.3. The molecule has 7 nitrogen and oxygen atoms in total. The first kappa shape index (κ1) is 21.5. The lowest BCUT2D eigenvalue weighted by molar-refractivity contribution is 0.102. The van der Waals surface area contributed by atoms with Crippen LogP contribution in [0.3, 0.4) is 0 Å². The number of amides is 1. The second kappa shape index (κ2) is 8.28. The molecule has 0 atom stereocenters. The summed E-state index contributed by atoms with van der Waals surface area (Å²) < 4.78 is 25.8. The molecule has 1 saturated carbocycles. The maximum Gasteiger partial charge on any atom is 0.256 e. The van der Waals surface area contributed by atoms with Crippen LogP contribution < -0.4 is 10.0 Å². The third-order valence-corrected chi connectivity index (χ3v) is 7.36. The Kier molecular flexibility index (Phi) is 6.14. The van der Waals surface area contributed by atoms with Crippen LogP contribution in [0, 0.1) is 11.3 Å². The van der Waals surface area contributed by atoms with Gasteiger partial charge in [-0.25, -0.2) is 13.1 Å². The molecule has 3 rings (SSSR count). The Balaban J connectivity index is 1.61. The maximum atomic E-state index is 12.5. The Morgan fingerprint density at radius 2 is 1.72 bits per heavy atom. The van der Waals surface area contributed by atoms with E-state index in [9.17, 15) is 13.2 Å². The monoisotopic (exact) mass is 418 g/mol. The third-order valence-electron chi connectivity index (χ3n) is 5.93. The van der Waals surface area contributed by atoms with Crippen molar-refractivity contribution in [2.75, 3.05) is 12.4 Å². The summed E-state index contributed by atoms with van der Waals surface area (Å²) in [4.78, 5) is 12.6. The van der Waals surface area contributed by atoms with Crippen LogP contribution in [0.2, 0.25) is 0 Å². The van der Waals surface area contributed by atoms with Gasteiger partial charge in [0.2, 0.25) is 10.0 Å². The molecule has 1 aliphatic rings. The number of aromatic nitrogens is 2. The smallest absolute Gasteiger partial charge is 0.256 e. The zero-order chi connectivity index (χ0) is 21.2. The lowest BCUT2D eigenvalue weighted by atomic mass is 9.69. The van der Waals surface area contributed by atoms with E-state index in [0.717, 1.165) is 24.5 Å². The lowest BCUT2D eigenvalue weighted by Crippen LogP contribution is -2.25. The largest absolute Gasteiger partial charge is 0.305 e. The van der Waals surface area contributed by atoms with Crippen LogP contribution in [0.1, 0.15) is 68.4 Å². The number of sulfonamides is 1. The normalized spacial score (nSPS) is 20.4. The van der Waals surface area contributed by atoms with Gasteiger partial charge in [-0.3, -0.25) is 9.89 Å². The molecular weight excluding hydrogens is 388 g/mol. The molecule has 1 fully saturated rings. The van der Waals surface area contributed by atoms with Gasteiger partial charge in [0.15, 0.2) is 5.82 Å². The Bertz CT molecular complexity index is 951. The molecule has 3 N–H and O–H groups in total. The van der Waals surface area contributed by atoms with Crippen molar-refractivity contribution in [2.24, 2.45) is 11.3 Å². The zero-order valence-electron chi connectivity index (χ0n) is 17.5. The summed E-state index contributed by atoms with van der Waals surface area (Å²) in [5.41, 5.74) is 1.78. The Hall–Kier alpha value is -2.19. The van der Waals surface area contributed by atoms with Gasteiger partial charge < -0.3 is 5.32 Å². The van der Waals surface area contributed by atoms with Gasteiger partial charge in [0, 0.05) is 23.2 Å². The van der Waals surface area contributed by atoms with Gasteiger partial charge in [0.1, 0.15) is 0 Å². The quantitative estimate of drug-likeness (QED) is 0.685. The lowest BCUT2D eigenvalue weighted by Gasteiger charge is -2.36. The van der Waals surface area contributed by atoms with Crippen LogP contribution >= 0.6 is 0 Å². The molecule has 8 heteroatoms. The molecule has 1 aliphatic carbocycles. The molecule has 29 heavy (non-hydrogen) atoms. The molecule has 0 saturated heterocycles.